The fourth-order valence-electron chi connectivity index (χ4n) is 0.442. The van der Waals surface area contributed by atoms with Crippen LogP contribution in [0.2, 0.25) is 0 Å². The Hall–Kier alpha value is -0.190. The summed E-state index contributed by atoms with van der Waals surface area (Å²) < 4.78 is 10.9. The molecule has 0 radical (unpaired) electrons. The van der Waals surface area contributed by atoms with Gasteiger partial charge >= 0.3 is 0 Å². The van der Waals surface area contributed by atoms with E-state index in [0.717, 1.165) is 23.1 Å². The molecule has 0 aliphatic heterocycles. The number of halogens is 1. The van der Waals surface area contributed by atoms with Crippen molar-refractivity contribution in [2.75, 3.05) is 11.0 Å². The lowest BCUT2D eigenvalue weighted by atomic mass is 10.4. The summed E-state index contributed by atoms with van der Waals surface area (Å²) in [7, 11) is 0. The van der Waals surface area contributed by atoms with Gasteiger partial charge in [-0.15, -0.1) is 0 Å². The first kappa shape index (κ1) is 9.81. The van der Waals surface area contributed by atoms with Crippen molar-refractivity contribution in [3.63, 3.8) is 0 Å². The van der Waals surface area contributed by atoms with Gasteiger partial charge in [0.2, 0.25) is 0 Å². The molecule has 0 spiro atoms. The van der Waals surface area contributed by atoms with Crippen LogP contribution >= 0.6 is 21.2 Å². The monoisotopic (exact) mass is 253 g/mol. The number of hydrogen-bond donors (Lipinski definition) is 1. The van der Waals surface area contributed by atoms with Crippen molar-refractivity contribution in [3.8, 4) is 0 Å². The largest absolute Gasteiger partial charge is 0.386 e. The molecule has 10 heavy (non-hydrogen) atoms. The lowest BCUT2D eigenvalue weighted by Crippen LogP contribution is -2.12. The summed E-state index contributed by atoms with van der Waals surface area (Å²) in [5.41, 5.74) is 0.837. The normalized spacial score (nSPS) is 8.80. The molecule has 0 bridgehead atoms. The fourth-order valence-corrected chi connectivity index (χ4v) is 1.14. The van der Waals surface area contributed by atoms with Gasteiger partial charge in [0.05, 0.1) is 0 Å². The van der Waals surface area contributed by atoms with E-state index in [1.807, 2.05) is 0 Å². The summed E-state index contributed by atoms with van der Waals surface area (Å²) in [5.74, 6) is 0. The Bertz CT molecular complexity index is 134. The summed E-state index contributed by atoms with van der Waals surface area (Å²) in [4.78, 5) is 0. The van der Waals surface area contributed by atoms with E-state index in [2.05, 4.69) is 18.5 Å². The van der Waals surface area contributed by atoms with Crippen LogP contribution in [-0.4, -0.2) is 11.0 Å². The second-order valence-electron chi connectivity index (χ2n) is 1.81. The van der Waals surface area contributed by atoms with E-state index in [-0.39, 0.29) is 0 Å². The van der Waals surface area contributed by atoms with E-state index in [1.54, 1.807) is 6.08 Å². The quantitative estimate of drug-likeness (QED) is 0.339. The minimum Gasteiger partial charge on any atom is -0.386 e. The van der Waals surface area contributed by atoms with Gasteiger partial charge in [-0.2, -0.15) is 0 Å². The zero-order chi connectivity index (χ0) is 7.82. The van der Waals surface area contributed by atoms with Gasteiger partial charge in [-0.05, 0) is 12.5 Å². The summed E-state index contributed by atoms with van der Waals surface area (Å²) in [6.45, 7) is 8.07. The predicted octanol–water partition coefficient (Wildman–Crippen LogP) is 1.98. The maximum Gasteiger partial charge on any atom is 0.144 e. The van der Waals surface area contributed by atoms with E-state index >= 15 is 0 Å². The van der Waals surface area contributed by atoms with Crippen LogP contribution in [0.15, 0.2) is 24.9 Å². The zero-order valence-corrected chi connectivity index (χ0v) is 8.06. The average molecular weight is 253 g/mol. The Kier molecular flexibility index (Phi) is 6.79. The zero-order valence-electron chi connectivity index (χ0n) is 5.90. The third kappa shape index (κ3) is 5.94. The topological polar surface area (TPSA) is 29.1 Å². The molecule has 0 saturated carbocycles. The first-order valence-corrected chi connectivity index (χ1v) is 5.48. The highest BCUT2D eigenvalue weighted by Gasteiger charge is 1.86. The minimum absolute atomic E-state index is 0.775. The predicted molar refractivity (Wildman–Crippen MR) is 51.5 cm³/mol. The van der Waals surface area contributed by atoms with Crippen molar-refractivity contribution in [1.29, 1.82) is 0 Å². The van der Waals surface area contributed by atoms with Crippen LogP contribution in [0.25, 0.3) is 0 Å². The highest BCUT2D eigenvalue weighted by atomic mass is 127. The molecule has 0 aromatic heterocycles. The fraction of sp³-hybridized carbons (Fsp3) is 0.429. The Morgan fingerprint density at radius 1 is 1.70 bits per heavy atom. The smallest absolute Gasteiger partial charge is 0.144 e. The number of hydrogen-bond acceptors (Lipinski definition) is 2. The highest BCUT2D eigenvalue weighted by molar-refractivity contribution is 14.1. The van der Waals surface area contributed by atoms with Gasteiger partial charge in [0, 0.05) is 16.7 Å². The molecule has 0 amide bonds. The second kappa shape index (κ2) is 6.92. The number of alkyl halides is 1. The first-order valence-electron chi connectivity index (χ1n) is 3.08. The lowest BCUT2D eigenvalue weighted by molar-refractivity contribution is 0.646. The molecular formula is C7H12INO. The molecule has 0 fully saturated rings. The molecular weight excluding hydrogens is 241 g/mol. The average Bonchev–Trinajstić information content (AvgIpc) is 1.98. The molecule has 0 aromatic carbocycles. The van der Waals surface area contributed by atoms with Gasteiger partial charge in [0.25, 0.3) is 0 Å². The maximum atomic E-state index is 10.1. The van der Waals surface area contributed by atoms with Crippen LogP contribution in [0, 0.1) is 0 Å². The SMILES string of the molecule is C=CC(=C)NCCCI=O. The van der Waals surface area contributed by atoms with Crippen molar-refractivity contribution in [2.24, 2.45) is 0 Å². The molecule has 0 aliphatic rings. The summed E-state index contributed by atoms with van der Waals surface area (Å²) >= 11 is -0.775. The number of allylic oxidation sites excluding steroid dienone is 1. The van der Waals surface area contributed by atoms with Crippen molar-refractivity contribution in [1.82, 2.24) is 5.32 Å². The van der Waals surface area contributed by atoms with E-state index in [4.69, 9.17) is 0 Å². The van der Waals surface area contributed by atoms with Crippen LogP contribution in [0.3, 0.4) is 0 Å². The maximum absolute atomic E-state index is 10.1. The van der Waals surface area contributed by atoms with Crippen LogP contribution in [0.1, 0.15) is 6.42 Å². The summed E-state index contributed by atoms with van der Waals surface area (Å²) in [5, 5.41) is 3.03. The molecule has 0 heterocycles. The van der Waals surface area contributed by atoms with Gasteiger partial charge in [-0.1, -0.05) is 13.2 Å². The molecule has 3 heteroatoms. The molecule has 2 nitrogen and oxygen atoms in total. The van der Waals surface area contributed by atoms with Crippen molar-refractivity contribution in [3.05, 3.63) is 24.9 Å². The highest BCUT2D eigenvalue weighted by Crippen LogP contribution is 1.94. The van der Waals surface area contributed by atoms with Gasteiger partial charge in [-0.3, -0.25) is 3.07 Å². The van der Waals surface area contributed by atoms with E-state index < -0.39 is 21.2 Å². The van der Waals surface area contributed by atoms with Crippen molar-refractivity contribution in [2.45, 2.75) is 6.42 Å². The standard InChI is InChI=1S/C7H12INO/c1-3-7(2)9-6-4-5-8-10/h3,9H,1-2,4-6H2. The van der Waals surface area contributed by atoms with Gasteiger partial charge in [0.15, 0.2) is 0 Å². The van der Waals surface area contributed by atoms with Crippen LogP contribution in [-0.2, 0) is 3.07 Å². The molecule has 0 unspecified atom stereocenters. The van der Waals surface area contributed by atoms with Crippen LogP contribution in [0.4, 0.5) is 0 Å². The molecule has 0 rings (SSSR count). The number of rotatable bonds is 6. The Morgan fingerprint density at radius 2 is 2.40 bits per heavy atom. The van der Waals surface area contributed by atoms with E-state index in [1.165, 1.54) is 0 Å². The third-order valence-electron chi connectivity index (χ3n) is 0.986. The Balaban J connectivity index is 3.11. The van der Waals surface area contributed by atoms with Crippen LogP contribution < -0.4 is 5.32 Å². The van der Waals surface area contributed by atoms with Crippen molar-refractivity contribution >= 4 is 21.2 Å². The summed E-state index contributed by atoms with van der Waals surface area (Å²) in [6.07, 6.45) is 2.63. The minimum atomic E-state index is -0.775. The van der Waals surface area contributed by atoms with E-state index in [9.17, 15) is 3.07 Å². The Morgan fingerprint density at radius 3 is 2.90 bits per heavy atom. The summed E-state index contributed by atoms with van der Waals surface area (Å²) in [6, 6.07) is 0. The molecule has 0 atom stereocenters. The lowest BCUT2D eigenvalue weighted by Gasteiger charge is -2.01. The van der Waals surface area contributed by atoms with Gasteiger partial charge in [0.1, 0.15) is 21.2 Å². The van der Waals surface area contributed by atoms with Gasteiger partial charge in [-0.25, -0.2) is 0 Å². The van der Waals surface area contributed by atoms with E-state index in [0.29, 0.717) is 0 Å². The molecule has 58 valence electrons. The Labute approximate surface area is 72.0 Å². The first-order chi connectivity index (χ1) is 4.81. The molecule has 0 saturated heterocycles. The van der Waals surface area contributed by atoms with Gasteiger partial charge < -0.3 is 5.32 Å². The van der Waals surface area contributed by atoms with Crippen LogP contribution in [0.5, 0.6) is 0 Å². The molecule has 1 N–H and O–H groups in total. The third-order valence-corrected chi connectivity index (χ3v) is 2.19. The molecule has 0 aliphatic carbocycles. The second-order valence-corrected chi connectivity index (χ2v) is 3.51. The molecule has 0 aromatic rings. The van der Waals surface area contributed by atoms with Crippen molar-refractivity contribution < 1.29 is 3.07 Å². The number of nitrogens with one attached hydrogen (secondary N) is 1.